The van der Waals surface area contributed by atoms with Gasteiger partial charge in [0.2, 0.25) is 0 Å². The van der Waals surface area contributed by atoms with Crippen molar-refractivity contribution in [3.05, 3.63) is 64.4 Å². The highest BCUT2D eigenvalue weighted by atomic mass is 35.5. The second-order valence-electron chi connectivity index (χ2n) is 6.59. The molecule has 0 bridgehead atoms. The predicted molar refractivity (Wildman–Crippen MR) is 133 cm³/mol. The molecule has 0 spiro atoms. The van der Waals surface area contributed by atoms with Gasteiger partial charge >= 0.3 is 14.2 Å². The lowest BCUT2D eigenvalue weighted by molar-refractivity contribution is 0.513. The lowest BCUT2D eigenvalue weighted by atomic mass is 9.65. The van der Waals surface area contributed by atoms with Crippen LogP contribution in [0.4, 0.5) is 0 Å². The molecule has 0 unspecified atom stereocenters. The third kappa shape index (κ3) is 3.47. The average molecular weight is 589 g/mol. The molecule has 0 atom stereocenters. The second-order valence-corrected chi connectivity index (χ2v) is 9.62. The van der Waals surface area contributed by atoms with Gasteiger partial charge in [-0.3, -0.25) is 0 Å². The SMILES string of the molecule is Clc1c(Cl)c(Cl)c2c(c1Cl)OB(c1ccccc1B1Oc3c(Cl)c(Cl)c(Cl)c(Cl)c3O1)O2. The van der Waals surface area contributed by atoms with Gasteiger partial charge in [0.05, 0.1) is 20.1 Å². The smallest absolute Gasteiger partial charge is 0.518 e. The Hall–Kier alpha value is -0.690. The topological polar surface area (TPSA) is 36.9 Å². The summed E-state index contributed by atoms with van der Waals surface area (Å²) in [5, 5.41) is 0.575. The number of halogens is 8. The molecule has 0 fully saturated rings. The molecular formula is C18H4B2Cl8O4. The lowest BCUT2D eigenvalue weighted by Crippen LogP contribution is -2.55. The first kappa shape index (κ1) is 23.1. The molecule has 0 N–H and O–H groups in total. The van der Waals surface area contributed by atoms with E-state index < -0.39 is 14.2 Å². The molecule has 3 aromatic rings. The van der Waals surface area contributed by atoms with Gasteiger partial charge in [-0.05, 0) is 0 Å². The van der Waals surface area contributed by atoms with Crippen molar-refractivity contribution < 1.29 is 18.6 Å². The highest BCUT2D eigenvalue weighted by Crippen LogP contribution is 2.54. The molecule has 0 aliphatic carbocycles. The molecule has 3 aromatic carbocycles. The Morgan fingerprint density at radius 1 is 0.406 bits per heavy atom. The minimum absolute atomic E-state index is 0.0607. The fourth-order valence-electron chi connectivity index (χ4n) is 3.27. The van der Waals surface area contributed by atoms with E-state index in [9.17, 15) is 0 Å². The summed E-state index contributed by atoms with van der Waals surface area (Å²) < 4.78 is 23.7. The average Bonchev–Trinajstić information content (AvgIpc) is 3.44. The molecule has 14 heteroatoms. The maximum atomic E-state index is 6.28. The van der Waals surface area contributed by atoms with Crippen molar-refractivity contribution >= 4 is 118 Å². The van der Waals surface area contributed by atoms with E-state index in [4.69, 9.17) is 111 Å². The summed E-state index contributed by atoms with van der Waals surface area (Å²) in [5.74, 6) is 0.693. The summed E-state index contributed by atoms with van der Waals surface area (Å²) in [7, 11) is -1.89. The Labute approximate surface area is 222 Å². The van der Waals surface area contributed by atoms with Gasteiger partial charge in [-0.2, -0.15) is 0 Å². The summed E-state index contributed by atoms with van der Waals surface area (Å²) in [6.07, 6.45) is 0. The Balaban J connectivity index is 1.53. The van der Waals surface area contributed by atoms with Crippen molar-refractivity contribution in [1.82, 2.24) is 0 Å². The fourth-order valence-corrected chi connectivity index (χ4v) is 5.09. The predicted octanol–water partition coefficient (Wildman–Crippen LogP) is 7.25. The minimum Gasteiger partial charge on any atom is -0.518 e. The van der Waals surface area contributed by atoms with E-state index in [-0.39, 0.29) is 63.2 Å². The second kappa shape index (κ2) is 8.51. The van der Waals surface area contributed by atoms with Crippen LogP contribution in [-0.4, -0.2) is 14.2 Å². The minimum atomic E-state index is -0.945. The first-order valence-electron chi connectivity index (χ1n) is 8.68. The van der Waals surface area contributed by atoms with Crippen LogP contribution in [0.3, 0.4) is 0 Å². The van der Waals surface area contributed by atoms with Crippen molar-refractivity contribution in [3.63, 3.8) is 0 Å². The molecule has 0 saturated carbocycles. The number of hydrogen-bond donors (Lipinski definition) is 0. The van der Waals surface area contributed by atoms with Crippen LogP contribution < -0.4 is 29.5 Å². The van der Waals surface area contributed by atoms with Gasteiger partial charge in [-0.15, -0.1) is 0 Å². The summed E-state index contributed by atoms with van der Waals surface area (Å²) in [6, 6.07) is 7.09. The van der Waals surface area contributed by atoms with E-state index in [2.05, 4.69) is 0 Å². The van der Waals surface area contributed by atoms with Gasteiger partial charge < -0.3 is 18.6 Å². The molecular weight excluding hydrogens is 585 g/mol. The Morgan fingerprint density at radius 3 is 0.906 bits per heavy atom. The van der Waals surface area contributed by atoms with Crippen molar-refractivity contribution in [2.45, 2.75) is 0 Å². The first-order valence-corrected chi connectivity index (χ1v) is 11.7. The van der Waals surface area contributed by atoms with Crippen LogP contribution in [0.5, 0.6) is 23.0 Å². The molecule has 0 amide bonds. The monoisotopic (exact) mass is 586 g/mol. The maximum Gasteiger partial charge on any atom is 0.632 e. The largest absolute Gasteiger partial charge is 0.632 e. The zero-order valence-corrected chi connectivity index (χ0v) is 21.2. The zero-order valence-electron chi connectivity index (χ0n) is 15.1. The molecule has 2 aliphatic rings. The Kier molecular flexibility index (Phi) is 6.14. The number of hydrogen-bond acceptors (Lipinski definition) is 4. The van der Waals surface area contributed by atoms with Gasteiger partial charge in [0, 0.05) is 10.9 Å². The van der Waals surface area contributed by atoms with Crippen molar-refractivity contribution in [3.8, 4) is 23.0 Å². The third-order valence-electron chi connectivity index (χ3n) is 4.77. The number of rotatable bonds is 2. The van der Waals surface area contributed by atoms with Gasteiger partial charge in [0.1, 0.15) is 20.1 Å². The van der Waals surface area contributed by atoms with Gasteiger partial charge in [0.25, 0.3) is 0 Å². The Morgan fingerprint density at radius 2 is 0.656 bits per heavy atom. The van der Waals surface area contributed by atoms with Crippen molar-refractivity contribution in [1.29, 1.82) is 0 Å². The van der Waals surface area contributed by atoms with E-state index in [0.29, 0.717) is 10.9 Å². The van der Waals surface area contributed by atoms with E-state index in [1.165, 1.54) is 0 Å². The van der Waals surface area contributed by atoms with Crippen LogP contribution in [0, 0.1) is 0 Å². The summed E-state index contributed by atoms with van der Waals surface area (Å²) in [6.45, 7) is 0. The molecule has 2 aliphatic heterocycles. The summed E-state index contributed by atoms with van der Waals surface area (Å²) in [5.41, 5.74) is 1.12. The lowest BCUT2D eigenvalue weighted by Gasteiger charge is -2.12. The molecule has 0 radical (unpaired) electrons. The number of benzene rings is 3. The van der Waals surface area contributed by atoms with Crippen molar-refractivity contribution in [2.75, 3.05) is 0 Å². The summed E-state index contributed by atoms with van der Waals surface area (Å²) >= 11 is 49.6. The third-order valence-corrected chi connectivity index (χ3v) is 8.30. The van der Waals surface area contributed by atoms with Crippen LogP contribution in [0.1, 0.15) is 0 Å². The van der Waals surface area contributed by atoms with E-state index in [1.54, 1.807) is 24.3 Å². The van der Waals surface area contributed by atoms with Crippen LogP contribution in [-0.2, 0) is 0 Å². The van der Waals surface area contributed by atoms with Gasteiger partial charge in [-0.1, -0.05) is 117 Å². The molecule has 5 rings (SSSR count). The zero-order chi connectivity index (χ0) is 22.9. The standard InChI is InChI=1S/C18H4B2Cl8O4/c21-7-8(22)12(26)16-15(11(7)25)29-19(30-16)5-3-1-2-4-6(5)20-31-17-13(27)9(23)10(24)14(28)18(17)32-20/h1-4H. The van der Waals surface area contributed by atoms with Crippen LogP contribution >= 0.6 is 92.8 Å². The Bertz CT molecular complexity index is 1130. The van der Waals surface area contributed by atoms with Crippen LogP contribution in [0.25, 0.3) is 0 Å². The van der Waals surface area contributed by atoms with E-state index >= 15 is 0 Å². The highest BCUT2D eigenvalue weighted by molar-refractivity contribution is 6.76. The van der Waals surface area contributed by atoms with Crippen LogP contribution in [0.2, 0.25) is 40.2 Å². The molecule has 162 valence electrons. The normalized spacial score (nSPS) is 13.9. The number of fused-ring (bicyclic) bond motifs is 2. The molecule has 2 heterocycles. The highest BCUT2D eigenvalue weighted by Gasteiger charge is 2.46. The van der Waals surface area contributed by atoms with Crippen molar-refractivity contribution in [2.24, 2.45) is 0 Å². The fraction of sp³-hybridized carbons (Fsp3) is 0. The van der Waals surface area contributed by atoms with E-state index in [0.717, 1.165) is 0 Å². The van der Waals surface area contributed by atoms with Crippen LogP contribution in [0.15, 0.2) is 24.3 Å². The molecule has 4 nitrogen and oxygen atoms in total. The first-order chi connectivity index (χ1) is 15.2. The maximum absolute atomic E-state index is 6.28. The van der Waals surface area contributed by atoms with Gasteiger partial charge in [0.15, 0.2) is 23.0 Å². The molecule has 0 aromatic heterocycles. The molecule has 32 heavy (non-hydrogen) atoms. The van der Waals surface area contributed by atoms with Gasteiger partial charge in [-0.25, -0.2) is 0 Å². The quantitative estimate of drug-likeness (QED) is 0.179. The summed E-state index contributed by atoms with van der Waals surface area (Å²) in [4.78, 5) is 0. The van der Waals surface area contributed by atoms with E-state index in [1.807, 2.05) is 0 Å². The molecule has 0 saturated heterocycles.